The molecule has 4 unspecified atom stereocenters. The Morgan fingerprint density at radius 1 is 0.850 bits per heavy atom. The number of hydrogen-bond acceptors (Lipinski definition) is 6. The molecule has 4 atom stereocenters. The summed E-state index contributed by atoms with van der Waals surface area (Å²) in [6, 6.07) is 0. The second-order valence-corrected chi connectivity index (χ2v) is 15.8. The van der Waals surface area contributed by atoms with Crippen LogP contribution in [0.1, 0.15) is 110 Å². The molecule has 238 valence electrons. The third-order valence-corrected chi connectivity index (χ3v) is 11.6. The highest BCUT2D eigenvalue weighted by molar-refractivity contribution is 8.00. The summed E-state index contributed by atoms with van der Waals surface area (Å²) in [4.78, 5) is 17.7. The standard InChI is InChI=1S/C33H68N4OS2/c1-28(2)31(39-25-23-36(3)4)20-19-29-17-18-30(27-32(29)40-26-24-37(5)6)33(38)35-22-16-14-12-10-8-7-9-11-13-15-21-34/h28-32H,7-27,34H2,1-6H3,(H,35,38). The van der Waals surface area contributed by atoms with Gasteiger partial charge in [0, 0.05) is 47.6 Å². The predicted molar refractivity (Wildman–Crippen MR) is 183 cm³/mol. The first-order chi connectivity index (χ1) is 19.2. The van der Waals surface area contributed by atoms with E-state index in [1.807, 2.05) is 0 Å². The fraction of sp³-hybridized carbons (Fsp3) is 0.970. The average Bonchev–Trinajstić information content (AvgIpc) is 2.91. The van der Waals surface area contributed by atoms with E-state index in [1.165, 1.54) is 88.6 Å². The van der Waals surface area contributed by atoms with Crippen molar-refractivity contribution in [2.75, 3.05) is 65.9 Å². The number of rotatable bonds is 25. The fourth-order valence-corrected chi connectivity index (χ4v) is 8.91. The fourth-order valence-electron chi connectivity index (χ4n) is 5.76. The van der Waals surface area contributed by atoms with Gasteiger partial charge in [0.25, 0.3) is 0 Å². The first-order valence-corrected chi connectivity index (χ1v) is 18.8. The van der Waals surface area contributed by atoms with E-state index in [4.69, 9.17) is 5.73 Å². The third-order valence-electron chi connectivity index (χ3n) is 8.54. The van der Waals surface area contributed by atoms with Crippen LogP contribution in [0.4, 0.5) is 0 Å². The van der Waals surface area contributed by atoms with Crippen molar-refractivity contribution in [2.24, 2.45) is 23.5 Å². The topological polar surface area (TPSA) is 61.6 Å². The lowest BCUT2D eigenvalue weighted by Crippen LogP contribution is -2.38. The van der Waals surface area contributed by atoms with Gasteiger partial charge in [-0.1, -0.05) is 65.2 Å². The van der Waals surface area contributed by atoms with Crippen LogP contribution >= 0.6 is 23.5 Å². The van der Waals surface area contributed by atoms with E-state index in [0.717, 1.165) is 62.5 Å². The summed E-state index contributed by atoms with van der Waals surface area (Å²) in [6.45, 7) is 8.76. The van der Waals surface area contributed by atoms with Crippen molar-refractivity contribution < 1.29 is 4.79 Å². The molecular formula is C33H68N4OS2. The molecule has 0 bridgehead atoms. The van der Waals surface area contributed by atoms with Gasteiger partial charge in [0.15, 0.2) is 0 Å². The Labute approximate surface area is 258 Å². The van der Waals surface area contributed by atoms with Gasteiger partial charge in [-0.2, -0.15) is 23.5 Å². The van der Waals surface area contributed by atoms with Crippen molar-refractivity contribution in [1.82, 2.24) is 15.1 Å². The van der Waals surface area contributed by atoms with E-state index in [-0.39, 0.29) is 5.92 Å². The molecule has 0 aromatic rings. The summed E-state index contributed by atoms with van der Waals surface area (Å²) in [6.07, 6.45) is 18.9. The van der Waals surface area contributed by atoms with Gasteiger partial charge in [-0.05, 0) is 91.5 Å². The molecule has 0 aromatic heterocycles. The van der Waals surface area contributed by atoms with Crippen LogP contribution in [-0.2, 0) is 4.79 Å². The molecule has 1 amide bonds. The molecule has 7 heteroatoms. The zero-order valence-electron chi connectivity index (χ0n) is 27.4. The van der Waals surface area contributed by atoms with Crippen molar-refractivity contribution in [3.63, 3.8) is 0 Å². The van der Waals surface area contributed by atoms with Crippen molar-refractivity contribution in [1.29, 1.82) is 0 Å². The molecule has 1 rings (SSSR count). The maximum absolute atomic E-state index is 13.1. The van der Waals surface area contributed by atoms with Crippen molar-refractivity contribution >= 4 is 29.4 Å². The van der Waals surface area contributed by atoms with E-state index in [1.54, 1.807) is 0 Å². The van der Waals surface area contributed by atoms with Crippen LogP contribution in [0.3, 0.4) is 0 Å². The van der Waals surface area contributed by atoms with Gasteiger partial charge in [0.1, 0.15) is 0 Å². The van der Waals surface area contributed by atoms with Crippen LogP contribution in [0, 0.1) is 17.8 Å². The SMILES string of the molecule is CC(C)C(CCC1CCC(C(=O)NCCCCCCCCCCCCN)CC1SCCN(C)C)SCCN(C)C. The van der Waals surface area contributed by atoms with Gasteiger partial charge < -0.3 is 20.9 Å². The smallest absolute Gasteiger partial charge is 0.223 e. The van der Waals surface area contributed by atoms with Crippen LogP contribution in [-0.4, -0.2) is 92.1 Å². The van der Waals surface area contributed by atoms with Gasteiger partial charge in [-0.15, -0.1) is 0 Å². The number of carbonyl (C=O) groups is 1. The minimum Gasteiger partial charge on any atom is -0.356 e. The molecule has 5 nitrogen and oxygen atoms in total. The summed E-state index contributed by atoms with van der Waals surface area (Å²) < 4.78 is 0. The van der Waals surface area contributed by atoms with Crippen molar-refractivity contribution in [2.45, 2.75) is 121 Å². The predicted octanol–water partition coefficient (Wildman–Crippen LogP) is 7.14. The van der Waals surface area contributed by atoms with E-state index in [2.05, 4.69) is 80.7 Å². The Morgan fingerprint density at radius 2 is 1.43 bits per heavy atom. The molecule has 0 heterocycles. The van der Waals surface area contributed by atoms with Crippen LogP contribution in [0.25, 0.3) is 0 Å². The molecule has 1 aliphatic rings. The number of nitrogens with zero attached hydrogens (tertiary/aromatic N) is 2. The van der Waals surface area contributed by atoms with Gasteiger partial charge >= 0.3 is 0 Å². The van der Waals surface area contributed by atoms with E-state index >= 15 is 0 Å². The number of nitrogens with one attached hydrogen (secondary N) is 1. The third kappa shape index (κ3) is 19.3. The minimum absolute atomic E-state index is 0.211. The summed E-state index contributed by atoms with van der Waals surface area (Å²) in [5.74, 6) is 4.41. The molecule has 3 N–H and O–H groups in total. The Hall–Kier alpha value is 0.0500. The maximum Gasteiger partial charge on any atom is 0.223 e. The van der Waals surface area contributed by atoms with Crippen LogP contribution in [0.2, 0.25) is 0 Å². The van der Waals surface area contributed by atoms with E-state index < -0.39 is 0 Å². The normalized spacial score (nSPS) is 20.5. The lowest BCUT2D eigenvalue weighted by Gasteiger charge is -2.36. The van der Waals surface area contributed by atoms with Gasteiger partial charge in [0.2, 0.25) is 5.91 Å². The number of thioether (sulfide) groups is 2. The summed E-state index contributed by atoms with van der Waals surface area (Å²) in [5.41, 5.74) is 5.56. The zero-order chi connectivity index (χ0) is 29.6. The highest BCUT2D eigenvalue weighted by Crippen LogP contribution is 2.40. The first kappa shape index (κ1) is 38.1. The van der Waals surface area contributed by atoms with Crippen molar-refractivity contribution in [3.05, 3.63) is 0 Å². The average molecular weight is 601 g/mol. The Bertz CT molecular complexity index is 605. The second kappa shape index (κ2) is 24.5. The van der Waals surface area contributed by atoms with Gasteiger partial charge in [0.05, 0.1) is 0 Å². The lowest BCUT2D eigenvalue weighted by molar-refractivity contribution is -0.126. The molecule has 1 fully saturated rings. The molecule has 0 radical (unpaired) electrons. The van der Waals surface area contributed by atoms with Crippen LogP contribution in [0.5, 0.6) is 0 Å². The van der Waals surface area contributed by atoms with E-state index in [0.29, 0.717) is 11.2 Å². The van der Waals surface area contributed by atoms with Gasteiger partial charge in [-0.25, -0.2) is 0 Å². The Morgan fingerprint density at radius 3 is 2.00 bits per heavy atom. The van der Waals surface area contributed by atoms with Crippen molar-refractivity contribution in [3.8, 4) is 0 Å². The molecule has 1 saturated carbocycles. The number of hydrogen-bond donors (Lipinski definition) is 2. The number of unbranched alkanes of at least 4 members (excludes halogenated alkanes) is 9. The maximum atomic E-state index is 13.1. The monoisotopic (exact) mass is 600 g/mol. The highest BCUT2D eigenvalue weighted by atomic mass is 32.2. The van der Waals surface area contributed by atoms with Crippen LogP contribution < -0.4 is 11.1 Å². The summed E-state index contributed by atoms with van der Waals surface area (Å²) in [7, 11) is 8.67. The Kier molecular flexibility index (Phi) is 23.3. The Balaban J connectivity index is 2.38. The quantitative estimate of drug-likeness (QED) is 0.109. The molecule has 0 aliphatic heterocycles. The first-order valence-electron chi connectivity index (χ1n) is 16.7. The number of nitrogens with two attached hydrogens (primary N) is 1. The van der Waals surface area contributed by atoms with E-state index in [9.17, 15) is 4.79 Å². The van der Waals surface area contributed by atoms with Gasteiger partial charge in [-0.3, -0.25) is 4.79 Å². The molecule has 40 heavy (non-hydrogen) atoms. The molecule has 0 spiro atoms. The lowest BCUT2D eigenvalue weighted by atomic mass is 9.78. The number of carbonyl (C=O) groups excluding carboxylic acids is 1. The molecule has 1 aliphatic carbocycles. The summed E-state index contributed by atoms with van der Waals surface area (Å²) in [5, 5.41) is 4.69. The molecule has 0 aromatic carbocycles. The zero-order valence-corrected chi connectivity index (χ0v) is 29.1. The highest BCUT2D eigenvalue weighted by Gasteiger charge is 2.34. The number of amides is 1. The largest absolute Gasteiger partial charge is 0.356 e. The molecule has 0 saturated heterocycles. The minimum atomic E-state index is 0.211. The second-order valence-electron chi connectivity index (χ2n) is 13.1. The summed E-state index contributed by atoms with van der Waals surface area (Å²) >= 11 is 4.32. The molecular weight excluding hydrogens is 533 g/mol. The van der Waals surface area contributed by atoms with Crippen LogP contribution in [0.15, 0.2) is 0 Å².